The maximum absolute atomic E-state index is 12.8. The number of benzene rings is 3. The van der Waals surface area contributed by atoms with Crippen molar-refractivity contribution in [1.82, 2.24) is 0 Å². The van der Waals surface area contributed by atoms with E-state index in [0.717, 1.165) is 5.56 Å². The molecule has 3 aromatic carbocycles. The number of ether oxygens (including phenoxy) is 4. The molecule has 0 unspecified atom stereocenters. The lowest BCUT2D eigenvalue weighted by atomic mass is 10.1. The van der Waals surface area contributed by atoms with Gasteiger partial charge in [0.05, 0.1) is 16.8 Å². The number of nitriles is 1. The quantitative estimate of drug-likeness (QED) is 0.118. The molecule has 8 nitrogen and oxygen atoms in total. The molecule has 1 amide bonds. The van der Waals surface area contributed by atoms with E-state index >= 15 is 0 Å². The minimum atomic E-state index is -0.555. The first-order valence-corrected chi connectivity index (χ1v) is 13.0. The van der Waals surface area contributed by atoms with E-state index in [0.29, 0.717) is 45.3 Å². The summed E-state index contributed by atoms with van der Waals surface area (Å²) >= 11 is 2.05. The summed E-state index contributed by atoms with van der Waals surface area (Å²) < 4.78 is 22.6. The number of halogens is 1. The molecule has 0 fully saturated rings. The summed E-state index contributed by atoms with van der Waals surface area (Å²) in [6, 6.07) is 22.0. The third kappa shape index (κ3) is 8.52. The molecule has 0 atom stereocenters. The average molecular weight is 626 g/mol. The molecule has 0 spiro atoms. The molecule has 0 aliphatic carbocycles. The number of amides is 1. The molecule has 0 heterocycles. The van der Waals surface area contributed by atoms with Crippen molar-refractivity contribution in [3.8, 4) is 23.3 Å². The zero-order chi connectivity index (χ0) is 27.3. The maximum atomic E-state index is 12.8. The lowest BCUT2D eigenvalue weighted by Gasteiger charge is -2.14. The van der Waals surface area contributed by atoms with Crippen molar-refractivity contribution in [2.45, 2.75) is 20.5 Å². The highest BCUT2D eigenvalue weighted by Gasteiger charge is 2.16. The lowest BCUT2D eigenvalue weighted by molar-refractivity contribution is -0.145. The number of carbonyl (C=O) groups is 2. The van der Waals surface area contributed by atoms with Gasteiger partial charge < -0.3 is 24.3 Å². The summed E-state index contributed by atoms with van der Waals surface area (Å²) in [6.07, 6.45) is 1.46. The Labute approximate surface area is 235 Å². The highest BCUT2D eigenvalue weighted by atomic mass is 127. The molecular weight excluding hydrogens is 599 g/mol. The van der Waals surface area contributed by atoms with E-state index in [1.807, 2.05) is 65.9 Å². The van der Waals surface area contributed by atoms with Crippen LogP contribution in [-0.2, 0) is 20.9 Å². The highest BCUT2D eigenvalue weighted by molar-refractivity contribution is 14.1. The van der Waals surface area contributed by atoms with Crippen LogP contribution in [0.1, 0.15) is 25.0 Å². The molecule has 196 valence electrons. The van der Waals surface area contributed by atoms with E-state index in [4.69, 9.17) is 18.9 Å². The molecule has 1 N–H and O–H groups in total. The number of carbonyl (C=O) groups excluding carboxylic acids is 2. The summed E-state index contributed by atoms with van der Waals surface area (Å²) in [5.41, 5.74) is 2.05. The van der Waals surface area contributed by atoms with Crippen molar-refractivity contribution in [2.75, 3.05) is 25.1 Å². The van der Waals surface area contributed by atoms with Gasteiger partial charge in [-0.25, -0.2) is 4.79 Å². The second-order valence-corrected chi connectivity index (χ2v) is 8.94. The first kappa shape index (κ1) is 28.5. The first-order valence-electron chi connectivity index (χ1n) is 11.9. The molecule has 9 heteroatoms. The number of nitrogens with zero attached hydrogens (tertiary/aromatic N) is 1. The van der Waals surface area contributed by atoms with Gasteiger partial charge in [0.1, 0.15) is 24.0 Å². The number of esters is 1. The fourth-order valence-electron chi connectivity index (χ4n) is 3.30. The van der Waals surface area contributed by atoms with Gasteiger partial charge in [0.2, 0.25) is 0 Å². The molecule has 3 aromatic rings. The van der Waals surface area contributed by atoms with Crippen molar-refractivity contribution in [3.05, 3.63) is 87.0 Å². The largest absolute Gasteiger partial charge is 0.490 e. The van der Waals surface area contributed by atoms with Gasteiger partial charge >= 0.3 is 5.97 Å². The Morgan fingerprint density at radius 3 is 2.37 bits per heavy atom. The molecule has 0 saturated carbocycles. The molecule has 0 aliphatic rings. The van der Waals surface area contributed by atoms with Crippen molar-refractivity contribution in [1.29, 1.82) is 5.26 Å². The van der Waals surface area contributed by atoms with Crippen LogP contribution in [0.4, 0.5) is 5.69 Å². The number of nitrogens with one attached hydrogen (secondary N) is 1. The maximum Gasteiger partial charge on any atom is 0.344 e. The van der Waals surface area contributed by atoms with Crippen LogP contribution in [0.25, 0.3) is 6.08 Å². The molecular formula is C29H27IN2O6. The van der Waals surface area contributed by atoms with E-state index in [-0.39, 0.29) is 18.8 Å². The van der Waals surface area contributed by atoms with Crippen molar-refractivity contribution < 1.29 is 28.5 Å². The molecule has 0 radical (unpaired) electrons. The summed E-state index contributed by atoms with van der Waals surface area (Å²) in [6.45, 7) is 4.32. The van der Waals surface area contributed by atoms with Crippen LogP contribution in [0.5, 0.6) is 17.2 Å². The van der Waals surface area contributed by atoms with Gasteiger partial charge in [0.15, 0.2) is 18.1 Å². The van der Waals surface area contributed by atoms with Crippen molar-refractivity contribution in [2.24, 2.45) is 0 Å². The molecule has 0 aromatic heterocycles. The normalized spacial score (nSPS) is 10.7. The topological polar surface area (TPSA) is 107 Å². The van der Waals surface area contributed by atoms with Gasteiger partial charge in [-0.2, -0.15) is 5.26 Å². The third-order valence-electron chi connectivity index (χ3n) is 5.01. The summed E-state index contributed by atoms with van der Waals surface area (Å²) in [4.78, 5) is 24.5. The average Bonchev–Trinajstić information content (AvgIpc) is 2.91. The molecule has 0 saturated heterocycles. The SMILES string of the molecule is CCOC(=O)COc1c(I)cc(/C=C(\C#N)C(=O)Nc2ccc(OCc3ccccc3)cc2)cc1OCC. The van der Waals surface area contributed by atoms with Gasteiger partial charge in [0, 0.05) is 5.69 Å². The molecule has 38 heavy (non-hydrogen) atoms. The van der Waals surface area contributed by atoms with Gasteiger partial charge in [-0.05, 0) is 90.0 Å². The second-order valence-electron chi connectivity index (χ2n) is 7.78. The smallest absolute Gasteiger partial charge is 0.344 e. The van der Waals surface area contributed by atoms with E-state index in [1.54, 1.807) is 43.3 Å². The van der Waals surface area contributed by atoms with Crippen molar-refractivity contribution >= 4 is 46.2 Å². The fraction of sp³-hybridized carbons (Fsp3) is 0.207. The second kappa shape index (κ2) is 14.6. The van der Waals surface area contributed by atoms with Crippen LogP contribution in [0.3, 0.4) is 0 Å². The predicted octanol–water partition coefficient (Wildman–Crippen LogP) is 5.76. The van der Waals surface area contributed by atoms with E-state index in [9.17, 15) is 14.9 Å². The summed E-state index contributed by atoms with van der Waals surface area (Å²) in [7, 11) is 0. The van der Waals surface area contributed by atoms with Crippen LogP contribution in [0.15, 0.2) is 72.3 Å². The van der Waals surface area contributed by atoms with Gasteiger partial charge in [-0.3, -0.25) is 4.79 Å². The van der Waals surface area contributed by atoms with Crippen LogP contribution >= 0.6 is 22.6 Å². The molecule has 3 rings (SSSR count). The van der Waals surface area contributed by atoms with Crippen LogP contribution in [-0.4, -0.2) is 31.7 Å². The Hall–Kier alpha value is -4.04. The van der Waals surface area contributed by atoms with Crippen LogP contribution < -0.4 is 19.5 Å². The van der Waals surface area contributed by atoms with E-state index in [2.05, 4.69) is 5.32 Å². The first-order chi connectivity index (χ1) is 18.4. The van der Waals surface area contributed by atoms with Gasteiger partial charge in [-0.1, -0.05) is 30.3 Å². The number of anilines is 1. The summed E-state index contributed by atoms with van der Waals surface area (Å²) in [5, 5.41) is 12.4. The minimum absolute atomic E-state index is 0.0900. The number of rotatable bonds is 12. The lowest BCUT2D eigenvalue weighted by Crippen LogP contribution is -2.15. The van der Waals surface area contributed by atoms with Crippen LogP contribution in [0, 0.1) is 14.9 Å². The fourth-order valence-corrected chi connectivity index (χ4v) is 4.08. The Balaban J connectivity index is 1.70. The third-order valence-corrected chi connectivity index (χ3v) is 5.81. The minimum Gasteiger partial charge on any atom is -0.490 e. The molecule has 0 bridgehead atoms. The number of hydrogen-bond acceptors (Lipinski definition) is 7. The van der Waals surface area contributed by atoms with Gasteiger partial charge in [-0.15, -0.1) is 0 Å². The Morgan fingerprint density at radius 1 is 0.974 bits per heavy atom. The van der Waals surface area contributed by atoms with E-state index in [1.165, 1.54) is 6.08 Å². The Kier molecular flexibility index (Phi) is 11.0. The monoisotopic (exact) mass is 626 g/mol. The zero-order valence-corrected chi connectivity index (χ0v) is 23.2. The zero-order valence-electron chi connectivity index (χ0n) is 21.0. The Bertz CT molecular complexity index is 1320. The summed E-state index contributed by atoms with van der Waals surface area (Å²) in [5.74, 6) is 0.384. The van der Waals surface area contributed by atoms with Crippen LogP contribution in [0.2, 0.25) is 0 Å². The number of hydrogen-bond donors (Lipinski definition) is 1. The van der Waals surface area contributed by atoms with Gasteiger partial charge in [0.25, 0.3) is 5.91 Å². The van der Waals surface area contributed by atoms with Crippen molar-refractivity contribution in [3.63, 3.8) is 0 Å². The highest BCUT2D eigenvalue weighted by Crippen LogP contribution is 2.35. The molecule has 0 aliphatic heterocycles. The van der Waals surface area contributed by atoms with E-state index < -0.39 is 11.9 Å². The standard InChI is InChI=1S/C29H27IN2O6/c1-3-35-26-16-21(15-25(30)28(26)38-19-27(33)36-4-2)14-22(17-31)29(34)32-23-10-12-24(13-11-23)37-18-20-8-6-5-7-9-20/h5-16H,3-4,18-19H2,1-2H3,(H,32,34)/b22-14+. The Morgan fingerprint density at radius 2 is 1.71 bits per heavy atom. The predicted molar refractivity (Wildman–Crippen MR) is 152 cm³/mol.